The highest BCUT2D eigenvalue weighted by Crippen LogP contribution is 2.25. The van der Waals surface area contributed by atoms with Gasteiger partial charge in [0.25, 0.3) is 0 Å². The molecule has 19 heavy (non-hydrogen) atoms. The van der Waals surface area contributed by atoms with Gasteiger partial charge in [0.1, 0.15) is 0 Å². The Morgan fingerprint density at radius 3 is 2.63 bits per heavy atom. The highest BCUT2D eigenvalue weighted by molar-refractivity contribution is 9.10. The second-order valence-corrected chi connectivity index (χ2v) is 7.42. The largest absolute Gasteiger partial charge is 0.319 e. The second kappa shape index (κ2) is 7.58. The van der Waals surface area contributed by atoms with Gasteiger partial charge in [-0.1, -0.05) is 34.1 Å². The minimum atomic E-state index is 0.620. The minimum absolute atomic E-state index is 0.620. The van der Waals surface area contributed by atoms with Crippen LogP contribution in [0.5, 0.6) is 0 Å². The van der Waals surface area contributed by atoms with Crippen LogP contribution in [0.25, 0.3) is 0 Å². The molecule has 2 aromatic rings. The molecule has 1 N–H and O–H groups in total. The number of rotatable bonds is 6. The van der Waals surface area contributed by atoms with Crippen LogP contribution >= 0.6 is 43.2 Å². The zero-order chi connectivity index (χ0) is 13.7. The molecule has 0 bridgehead atoms. The van der Waals surface area contributed by atoms with Gasteiger partial charge in [-0.15, -0.1) is 11.3 Å². The molecule has 0 saturated heterocycles. The first-order valence-corrected chi connectivity index (χ1v) is 8.76. The molecule has 2 rings (SSSR count). The lowest BCUT2D eigenvalue weighted by atomic mass is 9.95. The summed E-state index contributed by atoms with van der Waals surface area (Å²) in [5.74, 6) is 0.620. The van der Waals surface area contributed by atoms with Crippen molar-refractivity contribution in [3.63, 3.8) is 0 Å². The topological polar surface area (TPSA) is 12.0 Å². The van der Waals surface area contributed by atoms with E-state index in [9.17, 15) is 0 Å². The van der Waals surface area contributed by atoms with Crippen molar-refractivity contribution in [2.75, 3.05) is 13.6 Å². The molecule has 0 fully saturated rings. The first kappa shape index (κ1) is 15.2. The van der Waals surface area contributed by atoms with Gasteiger partial charge in [-0.25, -0.2) is 0 Å². The van der Waals surface area contributed by atoms with E-state index in [0.717, 1.165) is 19.4 Å². The van der Waals surface area contributed by atoms with Crippen LogP contribution in [0, 0.1) is 5.92 Å². The van der Waals surface area contributed by atoms with Gasteiger partial charge in [0.05, 0.1) is 0 Å². The van der Waals surface area contributed by atoms with Crippen LogP contribution in [-0.4, -0.2) is 13.6 Å². The van der Waals surface area contributed by atoms with Crippen molar-refractivity contribution >= 4 is 43.2 Å². The van der Waals surface area contributed by atoms with Crippen LogP contribution in [0.2, 0.25) is 0 Å². The van der Waals surface area contributed by atoms with Crippen LogP contribution in [0.4, 0.5) is 0 Å². The molecule has 0 spiro atoms. The van der Waals surface area contributed by atoms with E-state index in [1.807, 2.05) is 18.4 Å². The number of thiophene rings is 1. The highest BCUT2D eigenvalue weighted by Gasteiger charge is 2.13. The van der Waals surface area contributed by atoms with E-state index in [1.165, 1.54) is 19.4 Å². The highest BCUT2D eigenvalue weighted by atomic mass is 79.9. The van der Waals surface area contributed by atoms with Crippen LogP contribution in [-0.2, 0) is 12.8 Å². The molecule has 0 aliphatic heterocycles. The third-order valence-corrected chi connectivity index (χ3v) is 5.56. The summed E-state index contributed by atoms with van der Waals surface area (Å²) in [5, 5.41) is 5.47. The van der Waals surface area contributed by atoms with Gasteiger partial charge < -0.3 is 5.32 Å². The predicted octanol–water partition coefficient (Wildman–Crippen LogP) is 4.89. The first-order valence-electron chi connectivity index (χ1n) is 6.30. The number of hydrogen-bond acceptors (Lipinski definition) is 2. The Labute approximate surface area is 135 Å². The van der Waals surface area contributed by atoms with Crippen LogP contribution in [0.3, 0.4) is 0 Å². The van der Waals surface area contributed by atoms with E-state index >= 15 is 0 Å². The Kier molecular flexibility index (Phi) is 6.07. The molecular weight excluding hydrogens is 386 g/mol. The third-order valence-electron chi connectivity index (χ3n) is 3.07. The van der Waals surface area contributed by atoms with Crippen LogP contribution < -0.4 is 5.32 Å². The average Bonchev–Trinajstić information content (AvgIpc) is 2.78. The smallest absolute Gasteiger partial charge is 0.0285 e. The van der Waals surface area contributed by atoms with Crippen molar-refractivity contribution in [2.45, 2.75) is 12.8 Å². The van der Waals surface area contributed by atoms with Crippen molar-refractivity contribution in [1.29, 1.82) is 0 Å². The Bertz CT molecular complexity index is 524. The van der Waals surface area contributed by atoms with Gasteiger partial charge in [0.15, 0.2) is 0 Å². The molecule has 0 aliphatic carbocycles. The zero-order valence-electron chi connectivity index (χ0n) is 10.8. The lowest BCUT2D eigenvalue weighted by Gasteiger charge is -2.16. The summed E-state index contributed by atoms with van der Waals surface area (Å²) >= 11 is 9.00. The number of halogens is 2. The van der Waals surface area contributed by atoms with Crippen molar-refractivity contribution in [2.24, 2.45) is 5.92 Å². The summed E-state index contributed by atoms with van der Waals surface area (Å²) in [7, 11) is 2.03. The summed E-state index contributed by atoms with van der Waals surface area (Å²) in [6.45, 7) is 1.04. The van der Waals surface area contributed by atoms with Gasteiger partial charge in [-0.05, 0) is 66.0 Å². The Morgan fingerprint density at radius 1 is 1.21 bits per heavy atom. The standard InChI is InChI=1S/C15H17Br2NS/c1-18-9-11(7-14-8-13(16)10-19-14)6-12-4-2-3-5-15(12)17/h2-5,8,10-11,18H,6-7,9H2,1H3. The second-order valence-electron chi connectivity index (χ2n) is 4.65. The maximum Gasteiger partial charge on any atom is 0.0285 e. The first-order chi connectivity index (χ1) is 9.19. The summed E-state index contributed by atoms with van der Waals surface area (Å²) < 4.78 is 2.40. The number of benzene rings is 1. The summed E-state index contributed by atoms with van der Waals surface area (Å²) in [6, 6.07) is 10.7. The van der Waals surface area contributed by atoms with Crippen molar-refractivity contribution in [1.82, 2.24) is 5.32 Å². The fraction of sp³-hybridized carbons (Fsp3) is 0.333. The lowest BCUT2D eigenvalue weighted by Crippen LogP contribution is -2.22. The summed E-state index contributed by atoms with van der Waals surface area (Å²) in [4.78, 5) is 1.44. The molecule has 0 saturated carbocycles. The van der Waals surface area contributed by atoms with E-state index < -0.39 is 0 Å². The monoisotopic (exact) mass is 401 g/mol. The van der Waals surface area contributed by atoms with E-state index in [0.29, 0.717) is 5.92 Å². The maximum absolute atomic E-state index is 3.64. The number of nitrogens with one attached hydrogen (secondary N) is 1. The summed E-state index contributed by atoms with van der Waals surface area (Å²) in [5.41, 5.74) is 1.39. The normalized spacial score (nSPS) is 12.6. The molecule has 1 heterocycles. The van der Waals surface area contributed by atoms with Crippen LogP contribution in [0.15, 0.2) is 44.7 Å². The van der Waals surface area contributed by atoms with E-state index in [2.05, 4.69) is 72.9 Å². The Morgan fingerprint density at radius 2 is 2.00 bits per heavy atom. The fourth-order valence-electron chi connectivity index (χ4n) is 2.23. The van der Waals surface area contributed by atoms with Gasteiger partial charge in [-0.2, -0.15) is 0 Å². The number of hydrogen-bond donors (Lipinski definition) is 1. The average molecular weight is 403 g/mol. The Hall–Kier alpha value is -0.160. The summed E-state index contributed by atoms with van der Waals surface area (Å²) in [6.07, 6.45) is 2.22. The van der Waals surface area contributed by atoms with Crippen LogP contribution in [0.1, 0.15) is 10.4 Å². The van der Waals surface area contributed by atoms with Gasteiger partial charge >= 0.3 is 0 Å². The molecule has 1 unspecified atom stereocenters. The molecule has 1 aromatic heterocycles. The third kappa shape index (κ3) is 4.71. The molecule has 0 amide bonds. The van der Waals surface area contributed by atoms with Gasteiger partial charge in [-0.3, -0.25) is 0 Å². The molecule has 1 atom stereocenters. The molecule has 4 heteroatoms. The molecule has 102 valence electrons. The zero-order valence-corrected chi connectivity index (χ0v) is 14.8. The van der Waals surface area contributed by atoms with E-state index in [4.69, 9.17) is 0 Å². The fourth-order valence-corrected chi connectivity index (χ4v) is 4.24. The van der Waals surface area contributed by atoms with E-state index in [1.54, 1.807) is 0 Å². The molecule has 1 nitrogen and oxygen atoms in total. The quantitative estimate of drug-likeness (QED) is 0.724. The molecule has 1 aromatic carbocycles. The van der Waals surface area contributed by atoms with Gasteiger partial charge in [0, 0.05) is 19.2 Å². The Balaban J connectivity index is 2.06. The maximum atomic E-state index is 3.64. The molecule has 0 aliphatic rings. The predicted molar refractivity (Wildman–Crippen MR) is 91.0 cm³/mol. The van der Waals surface area contributed by atoms with Crippen molar-refractivity contribution in [3.05, 3.63) is 55.1 Å². The van der Waals surface area contributed by atoms with E-state index in [-0.39, 0.29) is 0 Å². The minimum Gasteiger partial charge on any atom is -0.319 e. The molecule has 0 radical (unpaired) electrons. The van der Waals surface area contributed by atoms with Crippen molar-refractivity contribution < 1.29 is 0 Å². The molecular formula is C15H17Br2NS. The lowest BCUT2D eigenvalue weighted by molar-refractivity contribution is 0.496. The van der Waals surface area contributed by atoms with Gasteiger partial charge in [0.2, 0.25) is 0 Å². The SMILES string of the molecule is CNCC(Cc1cc(Br)cs1)Cc1ccccc1Br. The van der Waals surface area contributed by atoms with Crippen molar-refractivity contribution in [3.8, 4) is 0 Å².